The first-order valence-electron chi connectivity index (χ1n) is 10.9. The van der Waals surface area contributed by atoms with Gasteiger partial charge in [-0.2, -0.15) is 0 Å². The van der Waals surface area contributed by atoms with Gasteiger partial charge < -0.3 is 9.45 Å². The number of anilines is 1. The van der Waals surface area contributed by atoms with E-state index in [2.05, 4.69) is 59.6 Å². The Kier molecular flexibility index (Phi) is 5.79. The summed E-state index contributed by atoms with van der Waals surface area (Å²) in [7, 11) is 0. The van der Waals surface area contributed by atoms with Gasteiger partial charge in [0, 0.05) is 17.8 Å². The Morgan fingerprint density at radius 2 is 1.73 bits per heavy atom. The maximum Gasteiger partial charge on any atom is 0.230 e. The predicted octanol–water partition coefficient (Wildman–Crippen LogP) is 5.66. The maximum absolute atomic E-state index is 12.8. The van der Waals surface area contributed by atoms with E-state index in [9.17, 15) is 4.79 Å². The molecule has 2 heterocycles. The highest BCUT2D eigenvalue weighted by molar-refractivity contribution is 7.78. The zero-order chi connectivity index (χ0) is 22.9. The molecule has 0 saturated carbocycles. The van der Waals surface area contributed by atoms with Gasteiger partial charge in [-0.25, -0.2) is 4.21 Å². The average Bonchev–Trinajstić information content (AvgIpc) is 2.82. The van der Waals surface area contributed by atoms with E-state index in [0.29, 0.717) is 6.42 Å². The lowest BCUT2D eigenvalue weighted by Gasteiger charge is -2.41. The van der Waals surface area contributed by atoms with E-state index < -0.39 is 11.1 Å². The number of β-lactam (4-membered cyclic amide) rings is 1. The molecule has 6 rings (SSSR count). The van der Waals surface area contributed by atoms with Crippen molar-refractivity contribution in [3.8, 4) is 0 Å². The van der Waals surface area contributed by atoms with Gasteiger partial charge in [-0.3, -0.25) is 9.78 Å². The summed E-state index contributed by atoms with van der Waals surface area (Å²) in [6.07, 6.45) is 10.2. The van der Waals surface area contributed by atoms with Gasteiger partial charge in [0.15, 0.2) is 0 Å². The van der Waals surface area contributed by atoms with Gasteiger partial charge in [0.2, 0.25) is 5.91 Å². The fourth-order valence-electron chi connectivity index (χ4n) is 4.81. The fraction of sp³-hybridized carbons (Fsp3) is 0.185. The zero-order valence-electron chi connectivity index (χ0n) is 18.3. The first-order valence-corrected chi connectivity index (χ1v) is 12.5. The largest absolute Gasteiger partial charge is 0.306 e. The molecule has 5 nitrogen and oxygen atoms in total. The number of carbonyl (C=O) groups is 1. The number of fused-ring (bicyclic) bond motifs is 5. The van der Waals surface area contributed by atoms with Gasteiger partial charge >= 0.3 is 0 Å². The SMILES string of the molecule is CS(=O)O.O=C1CC(c2ccccn2)N1c1cc2c3c(ccc2c2ccccc12)CCC=C3. The summed E-state index contributed by atoms with van der Waals surface area (Å²) in [5.74, 6) is 0.158. The third-order valence-corrected chi connectivity index (χ3v) is 6.25. The molecule has 3 aromatic carbocycles. The molecule has 1 fully saturated rings. The standard InChI is InChI=1S/C26H20N2O.CH4O2S/c29-26-16-25(23-11-5-6-14-27-23)28(26)24-15-22-18-8-2-1-7-17(18)12-13-20(22)19-9-3-4-10-21(19)24;1-4(2)3/h2-6,8-15,25H,1,7,16H2;1H3,(H,2,3). The van der Waals surface area contributed by atoms with Crippen molar-refractivity contribution in [1.82, 2.24) is 4.98 Å². The number of pyridine rings is 1. The molecule has 4 aromatic rings. The van der Waals surface area contributed by atoms with Gasteiger partial charge in [-0.15, -0.1) is 0 Å². The number of carbonyl (C=O) groups excluding carboxylic acids is 1. The highest BCUT2D eigenvalue weighted by Gasteiger charge is 2.40. The first-order chi connectivity index (χ1) is 16.0. The van der Waals surface area contributed by atoms with Crippen molar-refractivity contribution < 1.29 is 13.6 Å². The Morgan fingerprint density at radius 1 is 1.00 bits per heavy atom. The highest BCUT2D eigenvalue weighted by atomic mass is 32.2. The van der Waals surface area contributed by atoms with Crippen molar-refractivity contribution >= 4 is 50.3 Å². The number of aryl methyl sites for hydroxylation is 1. The molecule has 0 spiro atoms. The molecule has 2 unspecified atom stereocenters. The van der Waals surface area contributed by atoms with Gasteiger partial charge in [-0.1, -0.05) is 54.6 Å². The van der Waals surface area contributed by atoms with Gasteiger partial charge in [0.1, 0.15) is 11.1 Å². The van der Waals surface area contributed by atoms with Crippen LogP contribution in [0.25, 0.3) is 27.6 Å². The monoisotopic (exact) mass is 456 g/mol. The van der Waals surface area contributed by atoms with Crippen molar-refractivity contribution in [2.45, 2.75) is 25.3 Å². The molecule has 0 bridgehead atoms. The maximum atomic E-state index is 12.8. The molecule has 1 aliphatic carbocycles. The lowest BCUT2D eigenvalue weighted by molar-refractivity contribution is -0.124. The predicted molar refractivity (Wildman–Crippen MR) is 135 cm³/mol. The summed E-state index contributed by atoms with van der Waals surface area (Å²) in [5, 5.41) is 4.79. The van der Waals surface area contributed by atoms with E-state index in [1.165, 1.54) is 33.5 Å². The van der Waals surface area contributed by atoms with E-state index in [1.807, 2.05) is 23.1 Å². The van der Waals surface area contributed by atoms with Crippen LogP contribution in [-0.2, 0) is 22.3 Å². The minimum absolute atomic E-state index is 0.000336. The Hall–Kier alpha value is -3.35. The van der Waals surface area contributed by atoms with Crippen molar-refractivity contribution in [3.05, 3.63) is 89.8 Å². The summed E-state index contributed by atoms with van der Waals surface area (Å²) in [6, 6.07) is 21.1. The molecular weight excluding hydrogens is 432 g/mol. The van der Waals surface area contributed by atoms with Crippen LogP contribution < -0.4 is 4.90 Å². The lowest BCUT2D eigenvalue weighted by Crippen LogP contribution is -2.47. The molecule has 2 aliphatic rings. The minimum Gasteiger partial charge on any atom is -0.306 e. The van der Waals surface area contributed by atoms with E-state index in [1.54, 1.807) is 6.20 Å². The fourth-order valence-corrected chi connectivity index (χ4v) is 4.81. The van der Waals surface area contributed by atoms with Crippen LogP contribution in [0.5, 0.6) is 0 Å². The second kappa shape index (κ2) is 8.89. The van der Waals surface area contributed by atoms with Crippen molar-refractivity contribution in [2.75, 3.05) is 11.2 Å². The number of benzene rings is 3. The van der Waals surface area contributed by atoms with Crippen molar-refractivity contribution in [1.29, 1.82) is 0 Å². The summed E-state index contributed by atoms with van der Waals surface area (Å²) < 4.78 is 16.6. The second-order valence-electron chi connectivity index (χ2n) is 8.28. The van der Waals surface area contributed by atoms with Gasteiger partial charge in [0.05, 0.1) is 23.8 Å². The minimum atomic E-state index is -1.61. The molecular formula is C27H24N2O3S. The lowest BCUT2D eigenvalue weighted by atomic mass is 9.88. The summed E-state index contributed by atoms with van der Waals surface area (Å²) in [6.45, 7) is 0. The van der Waals surface area contributed by atoms with E-state index in [0.717, 1.165) is 29.6 Å². The highest BCUT2D eigenvalue weighted by Crippen LogP contribution is 2.44. The molecule has 0 radical (unpaired) electrons. The van der Waals surface area contributed by atoms with Gasteiger partial charge in [0.25, 0.3) is 0 Å². The Labute approximate surface area is 195 Å². The summed E-state index contributed by atoms with van der Waals surface area (Å²) in [5.41, 5.74) is 4.62. The van der Waals surface area contributed by atoms with E-state index in [4.69, 9.17) is 8.76 Å². The van der Waals surface area contributed by atoms with Crippen LogP contribution in [0.3, 0.4) is 0 Å². The van der Waals surface area contributed by atoms with Crippen molar-refractivity contribution in [3.63, 3.8) is 0 Å². The van der Waals surface area contributed by atoms with Crippen LogP contribution in [0.4, 0.5) is 5.69 Å². The average molecular weight is 457 g/mol. The number of hydrogen-bond donors (Lipinski definition) is 1. The molecule has 1 saturated heterocycles. The Morgan fingerprint density at radius 3 is 2.45 bits per heavy atom. The third-order valence-electron chi connectivity index (χ3n) is 6.25. The topological polar surface area (TPSA) is 70.5 Å². The number of nitrogens with zero attached hydrogens (tertiary/aromatic N) is 2. The number of aromatic nitrogens is 1. The molecule has 6 heteroatoms. The molecule has 1 aliphatic heterocycles. The van der Waals surface area contributed by atoms with Crippen LogP contribution in [0, 0.1) is 0 Å². The Bertz CT molecular complexity index is 1410. The van der Waals surface area contributed by atoms with Crippen LogP contribution >= 0.6 is 0 Å². The van der Waals surface area contributed by atoms with E-state index >= 15 is 0 Å². The quantitative estimate of drug-likeness (QED) is 0.240. The van der Waals surface area contributed by atoms with Crippen LogP contribution in [-0.4, -0.2) is 25.9 Å². The number of amides is 1. The Balaban J connectivity index is 0.000000531. The molecule has 166 valence electrons. The van der Waals surface area contributed by atoms with Crippen molar-refractivity contribution in [2.24, 2.45) is 0 Å². The normalized spacial score (nSPS) is 17.8. The smallest absolute Gasteiger partial charge is 0.230 e. The van der Waals surface area contributed by atoms with Crippen LogP contribution in [0.2, 0.25) is 0 Å². The molecule has 1 aromatic heterocycles. The summed E-state index contributed by atoms with van der Waals surface area (Å²) in [4.78, 5) is 19.2. The van der Waals surface area contributed by atoms with Crippen LogP contribution in [0.15, 0.2) is 72.9 Å². The molecule has 1 amide bonds. The number of rotatable bonds is 2. The third kappa shape index (κ3) is 3.96. The first kappa shape index (κ1) is 21.5. The summed E-state index contributed by atoms with van der Waals surface area (Å²) >= 11 is -1.61. The number of allylic oxidation sites excluding steroid dienone is 1. The zero-order valence-corrected chi connectivity index (χ0v) is 19.1. The second-order valence-corrected chi connectivity index (χ2v) is 9.13. The molecule has 33 heavy (non-hydrogen) atoms. The number of hydrogen-bond acceptors (Lipinski definition) is 3. The van der Waals surface area contributed by atoms with E-state index in [-0.39, 0.29) is 11.9 Å². The van der Waals surface area contributed by atoms with Crippen LogP contribution in [0.1, 0.15) is 35.7 Å². The van der Waals surface area contributed by atoms with Gasteiger partial charge in [-0.05, 0) is 58.3 Å². The molecule has 2 atom stereocenters. The molecule has 1 N–H and O–H groups in total.